The Morgan fingerprint density at radius 2 is 1.92 bits per heavy atom. The summed E-state index contributed by atoms with van der Waals surface area (Å²) in [5, 5.41) is 3.74. The first-order chi connectivity index (χ1) is 12.0. The van der Waals surface area contributed by atoms with E-state index < -0.39 is 5.97 Å². The summed E-state index contributed by atoms with van der Waals surface area (Å²) in [5.41, 5.74) is 1.26. The molecule has 0 saturated carbocycles. The first-order valence-corrected chi connectivity index (χ1v) is 8.52. The van der Waals surface area contributed by atoms with Crippen molar-refractivity contribution in [1.29, 1.82) is 0 Å². The fraction of sp³-hybridized carbons (Fsp3) is 0.111. The van der Waals surface area contributed by atoms with Gasteiger partial charge in [-0.2, -0.15) is 0 Å². The zero-order valence-electron chi connectivity index (χ0n) is 13.1. The molecule has 1 N–H and O–H groups in total. The standard InChI is InChI=1S/C18H13ClFNO3S/c1-24-18(23)11-4-2-10(3-5-11)9-21-17(22)16-15(19)13-7-6-12(20)8-14(13)25-16/h2-8H,9H2,1H3,(H,21,22). The number of nitrogens with one attached hydrogen (secondary N) is 1. The molecule has 0 bridgehead atoms. The van der Waals surface area contributed by atoms with Gasteiger partial charge in [-0.05, 0) is 35.9 Å². The van der Waals surface area contributed by atoms with Crippen molar-refractivity contribution in [3.8, 4) is 0 Å². The number of amides is 1. The van der Waals surface area contributed by atoms with Crippen LogP contribution in [0.25, 0.3) is 10.1 Å². The van der Waals surface area contributed by atoms with Crippen molar-refractivity contribution in [2.45, 2.75) is 6.54 Å². The maximum atomic E-state index is 13.3. The molecule has 0 atom stereocenters. The van der Waals surface area contributed by atoms with Crippen LogP contribution >= 0.6 is 22.9 Å². The molecule has 0 aliphatic rings. The van der Waals surface area contributed by atoms with E-state index in [1.165, 1.54) is 19.2 Å². The van der Waals surface area contributed by atoms with Crippen molar-refractivity contribution in [2.24, 2.45) is 0 Å². The van der Waals surface area contributed by atoms with E-state index in [1.54, 1.807) is 30.3 Å². The molecule has 1 aromatic heterocycles. The summed E-state index contributed by atoms with van der Waals surface area (Å²) in [5.74, 6) is -1.12. The number of halogens is 2. The maximum Gasteiger partial charge on any atom is 0.337 e. The average Bonchev–Trinajstić information content (AvgIpc) is 2.95. The molecule has 128 valence electrons. The maximum absolute atomic E-state index is 13.3. The summed E-state index contributed by atoms with van der Waals surface area (Å²) in [6, 6.07) is 10.9. The van der Waals surface area contributed by atoms with Crippen molar-refractivity contribution in [1.82, 2.24) is 5.32 Å². The molecule has 4 nitrogen and oxygen atoms in total. The predicted molar refractivity (Wildman–Crippen MR) is 95.7 cm³/mol. The van der Waals surface area contributed by atoms with Crippen molar-refractivity contribution in [2.75, 3.05) is 7.11 Å². The number of fused-ring (bicyclic) bond motifs is 1. The molecule has 3 aromatic rings. The highest BCUT2D eigenvalue weighted by Gasteiger charge is 2.17. The number of carbonyl (C=O) groups is 2. The molecule has 0 aliphatic heterocycles. The molecule has 0 aliphatic carbocycles. The Balaban J connectivity index is 1.72. The van der Waals surface area contributed by atoms with Crippen molar-refractivity contribution >= 4 is 44.9 Å². The predicted octanol–water partition coefficient (Wildman–Crippen LogP) is 4.41. The van der Waals surface area contributed by atoms with Crippen LogP contribution < -0.4 is 5.32 Å². The van der Waals surface area contributed by atoms with Crippen LogP contribution in [0, 0.1) is 5.82 Å². The van der Waals surface area contributed by atoms with Crippen LogP contribution in [0.4, 0.5) is 4.39 Å². The van der Waals surface area contributed by atoms with Crippen LogP contribution in [-0.2, 0) is 11.3 Å². The SMILES string of the molecule is COC(=O)c1ccc(CNC(=O)c2sc3cc(F)ccc3c2Cl)cc1. The zero-order chi connectivity index (χ0) is 18.0. The van der Waals surface area contributed by atoms with Gasteiger partial charge < -0.3 is 10.1 Å². The molecular formula is C18H13ClFNO3S. The molecule has 0 radical (unpaired) electrons. The Hall–Kier alpha value is -2.44. The van der Waals surface area contributed by atoms with Gasteiger partial charge in [-0.1, -0.05) is 23.7 Å². The molecule has 0 fully saturated rings. The summed E-state index contributed by atoms with van der Waals surface area (Å²) >= 11 is 7.38. The molecule has 3 rings (SSSR count). The minimum Gasteiger partial charge on any atom is -0.465 e. The zero-order valence-corrected chi connectivity index (χ0v) is 14.7. The highest BCUT2D eigenvalue weighted by molar-refractivity contribution is 7.21. The number of thiophene rings is 1. The summed E-state index contributed by atoms with van der Waals surface area (Å²) in [4.78, 5) is 24.1. The monoisotopic (exact) mass is 377 g/mol. The van der Waals surface area contributed by atoms with Gasteiger partial charge in [-0.25, -0.2) is 9.18 Å². The number of carbonyl (C=O) groups excluding carboxylic acids is 2. The summed E-state index contributed by atoms with van der Waals surface area (Å²) < 4.78 is 18.5. The lowest BCUT2D eigenvalue weighted by atomic mass is 10.1. The van der Waals surface area contributed by atoms with Crippen LogP contribution in [0.3, 0.4) is 0 Å². The Labute approximate surface area is 152 Å². The van der Waals surface area contributed by atoms with Crippen LogP contribution in [0.2, 0.25) is 5.02 Å². The van der Waals surface area contributed by atoms with Gasteiger partial charge in [-0.15, -0.1) is 11.3 Å². The second-order valence-electron chi connectivity index (χ2n) is 5.26. The third kappa shape index (κ3) is 3.65. The normalized spacial score (nSPS) is 10.7. The van der Waals surface area contributed by atoms with E-state index in [4.69, 9.17) is 11.6 Å². The minimum atomic E-state index is -0.417. The molecule has 25 heavy (non-hydrogen) atoms. The number of hydrogen-bond acceptors (Lipinski definition) is 4. The van der Waals surface area contributed by atoms with Crippen LogP contribution in [0.15, 0.2) is 42.5 Å². The Bertz CT molecular complexity index is 953. The molecule has 2 aromatic carbocycles. The number of rotatable bonds is 4. The van der Waals surface area contributed by atoms with Gasteiger partial charge in [0.15, 0.2) is 0 Å². The summed E-state index contributed by atoms with van der Waals surface area (Å²) in [7, 11) is 1.32. The van der Waals surface area contributed by atoms with Gasteiger partial charge in [0.2, 0.25) is 0 Å². The lowest BCUT2D eigenvalue weighted by Gasteiger charge is -2.05. The number of methoxy groups -OCH3 is 1. The highest BCUT2D eigenvalue weighted by Crippen LogP contribution is 2.35. The molecule has 1 amide bonds. The molecule has 1 heterocycles. The number of ether oxygens (including phenoxy) is 1. The third-order valence-corrected chi connectivity index (χ3v) is 5.28. The number of esters is 1. The fourth-order valence-corrected chi connectivity index (χ4v) is 3.78. The molecule has 7 heteroatoms. The quantitative estimate of drug-likeness (QED) is 0.685. The van der Waals surface area contributed by atoms with Crippen molar-refractivity contribution < 1.29 is 18.7 Å². The Morgan fingerprint density at radius 1 is 1.20 bits per heavy atom. The fourth-order valence-electron chi connectivity index (χ4n) is 2.32. The Morgan fingerprint density at radius 3 is 2.60 bits per heavy atom. The van der Waals surface area contributed by atoms with E-state index in [0.29, 0.717) is 25.5 Å². The van der Waals surface area contributed by atoms with E-state index in [9.17, 15) is 14.0 Å². The van der Waals surface area contributed by atoms with Gasteiger partial charge in [0.05, 0.1) is 17.7 Å². The van der Waals surface area contributed by atoms with Gasteiger partial charge in [0.25, 0.3) is 5.91 Å². The van der Waals surface area contributed by atoms with Crippen LogP contribution in [-0.4, -0.2) is 19.0 Å². The van der Waals surface area contributed by atoms with Gasteiger partial charge >= 0.3 is 5.97 Å². The van der Waals surface area contributed by atoms with Gasteiger partial charge in [-0.3, -0.25) is 4.79 Å². The number of benzene rings is 2. The van der Waals surface area contributed by atoms with Crippen LogP contribution in [0.5, 0.6) is 0 Å². The van der Waals surface area contributed by atoms with Gasteiger partial charge in [0, 0.05) is 16.6 Å². The number of hydrogen-bond donors (Lipinski definition) is 1. The van der Waals surface area contributed by atoms with E-state index in [1.807, 2.05) is 0 Å². The average molecular weight is 378 g/mol. The molecule has 0 saturated heterocycles. The largest absolute Gasteiger partial charge is 0.465 e. The third-order valence-electron chi connectivity index (χ3n) is 3.63. The second kappa shape index (κ2) is 7.21. The minimum absolute atomic E-state index is 0.277. The first kappa shape index (κ1) is 17.4. The Kier molecular flexibility index (Phi) is 5.01. The lowest BCUT2D eigenvalue weighted by molar-refractivity contribution is 0.0600. The molecule has 0 spiro atoms. The summed E-state index contributed by atoms with van der Waals surface area (Å²) in [6.45, 7) is 0.277. The molecule has 0 unspecified atom stereocenters. The first-order valence-electron chi connectivity index (χ1n) is 7.32. The van der Waals surface area contributed by atoms with Gasteiger partial charge in [0.1, 0.15) is 10.7 Å². The van der Waals surface area contributed by atoms with E-state index in [2.05, 4.69) is 10.1 Å². The van der Waals surface area contributed by atoms with E-state index >= 15 is 0 Å². The molecular weight excluding hydrogens is 365 g/mol. The highest BCUT2D eigenvalue weighted by atomic mass is 35.5. The van der Waals surface area contributed by atoms with Crippen LogP contribution in [0.1, 0.15) is 25.6 Å². The topological polar surface area (TPSA) is 55.4 Å². The van der Waals surface area contributed by atoms with Crippen molar-refractivity contribution in [3.05, 3.63) is 69.3 Å². The smallest absolute Gasteiger partial charge is 0.337 e. The summed E-state index contributed by atoms with van der Waals surface area (Å²) in [6.07, 6.45) is 0. The van der Waals surface area contributed by atoms with E-state index in [0.717, 1.165) is 16.9 Å². The van der Waals surface area contributed by atoms with Crippen molar-refractivity contribution in [3.63, 3.8) is 0 Å². The lowest BCUT2D eigenvalue weighted by Crippen LogP contribution is -2.22. The second-order valence-corrected chi connectivity index (χ2v) is 6.69. The van der Waals surface area contributed by atoms with E-state index in [-0.39, 0.29) is 18.3 Å².